The number of furan rings is 1. The molecule has 5 nitrogen and oxygen atoms in total. The molecule has 1 aromatic heterocycles. The summed E-state index contributed by atoms with van der Waals surface area (Å²) in [4.78, 5) is 2.42. The zero-order valence-electron chi connectivity index (χ0n) is 15.2. The summed E-state index contributed by atoms with van der Waals surface area (Å²) in [5, 5.41) is 0. The van der Waals surface area contributed by atoms with Gasteiger partial charge in [0.05, 0.1) is 18.6 Å². The van der Waals surface area contributed by atoms with E-state index in [-0.39, 0.29) is 11.2 Å². The molecule has 3 heterocycles. The van der Waals surface area contributed by atoms with Crippen molar-refractivity contribution in [2.45, 2.75) is 25.3 Å². The van der Waals surface area contributed by atoms with Gasteiger partial charge >= 0.3 is 0 Å². The average molecular weight is 375 g/mol. The summed E-state index contributed by atoms with van der Waals surface area (Å²) >= 11 is 0. The van der Waals surface area contributed by atoms with Crippen LogP contribution in [0.25, 0.3) is 0 Å². The quantitative estimate of drug-likeness (QED) is 0.807. The van der Waals surface area contributed by atoms with Gasteiger partial charge in [0.1, 0.15) is 5.76 Å². The van der Waals surface area contributed by atoms with Gasteiger partial charge in [-0.25, -0.2) is 12.7 Å². The Hall–Kier alpha value is -1.63. The molecule has 0 N–H and O–H groups in total. The molecule has 0 saturated carbocycles. The summed E-state index contributed by atoms with van der Waals surface area (Å²) in [6.07, 6.45) is 2.58. The number of hydrogen-bond acceptors (Lipinski definition) is 4. The van der Waals surface area contributed by atoms with Crippen molar-refractivity contribution in [1.82, 2.24) is 9.21 Å². The second kappa shape index (κ2) is 6.83. The maximum atomic E-state index is 12.4. The maximum absolute atomic E-state index is 12.4. The third-order valence-corrected chi connectivity index (χ3v) is 7.91. The van der Waals surface area contributed by atoms with E-state index >= 15 is 0 Å². The first-order valence-electron chi connectivity index (χ1n) is 9.31. The first-order chi connectivity index (χ1) is 12.5. The van der Waals surface area contributed by atoms with Crippen LogP contribution in [0.15, 0.2) is 53.1 Å². The monoisotopic (exact) mass is 374 g/mol. The zero-order chi connectivity index (χ0) is 18.2. The normalized spacial score (nSPS) is 27.5. The molecular formula is C20H26N2O3S. The van der Waals surface area contributed by atoms with Gasteiger partial charge in [-0.05, 0) is 37.0 Å². The summed E-state index contributed by atoms with van der Waals surface area (Å²) in [7, 11) is -3.14. The van der Waals surface area contributed by atoms with Crippen LogP contribution in [0.5, 0.6) is 0 Å². The number of sulfonamides is 1. The first kappa shape index (κ1) is 17.8. The van der Waals surface area contributed by atoms with Gasteiger partial charge in [0.25, 0.3) is 0 Å². The van der Waals surface area contributed by atoms with Crippen LogP contribution in [0.1, 0.15) is 24.7 Å². The zero-order valence-corrected chi connectivity index (χ0v) is 16.0. The van der Waals surface area contributed by atoms with Crippen molar-refractivity contribution < 1.29 is 12.8 Å². The minimum absolute atomic E-state index is 0.0214. The van der Waals surface area contributed by atoms with Crippen LogP contribution in [0.4, 0.5) is 0 Å². The van der Waals surface area contributed by atoms with Gasteiger partial charge in [-0.3, -0.25) is 4.90 Å². The molecule has 26 heavy (non-hydrogen) atoms. The second-order valence-electron chi connectivity index (χ2n) is 7.48. The predicted molar refractivity (Wildman–Crippen MR) is 101 cm³/mol. The Morgan fingerprint density at radius 1 is 1.15 bits per heavy atom. The van der Waals surface area contributed by atoms with Gasteiger partial charge in [-0.1, -0.05) is 30.3 Å². The van der Waals surface area contributed by atoms with Crippen LogP contribution in [0.2, 0.25) is 0 Å². The van der Waals surface area contributed by atoms with Gasteiger partial charge in [0.2, 0.25) is 10.0 Å². The van der Waals surface area contributed by atoms with Gasteiger partial charge in [-0.15, -0.1) is 0 Å². The molecule has 0 unspecified atom stereocenters. The SMILES string of the molecule is CCS(=O)(=O)N1CC[C@@]2(c3ccccc3)CN(Cc3ccco3)C[C@@H]2C1. The van der Waals surface area contributed by atoms with E-state index in [4.69, 9.17) is 4.42 Å². The third-order valence-electron chi connectivity index (χ3n) is 6.06. The molecule has 2 atom stereocenters. The Bertz CT molecular complexity index is 835. The smallest absolute Gasteiger partial charge is 0.213 e. The highest BCUT2D eigenvalue weighted by Crippen LogP contribution is 2.46. The molecule has 140 valence electrons. The van der Waals surface area contributed by atoms with E-state index < -0.39 is 10.0 Å². The standard InChI is InChI=1S/C20H26N2O3S/c1-2-26(23,24)22-11-10-20(17-7-4-3-5-8-17)16-21(13-18(20)14-22)15-19-9-6-12-25-19/h3-9,12,18H,2,10-11,13-16H2,1H3/t18-,20+/m1/s1. The predicted octanol–water partition coefficient (Wildman–Crippen LogP) is 2.70. The molecule has 2 aliphatic heterocycles. The lowest BCUT2D eigenvalue weighted by molar-refractivity contribution is 0.188. The summed E-state index contributed by atoms with van der Waals surface area (Å²) in [5.41, 5.74) is 1.36. The number of likely N-dealkylation sites (tertiary alicyclic amines) is 1. The Labute approximate surface area is 155 Å². The van der Waals surface area contributed by atoms with Gasteiger partial charge in [0, 0.05) is 31.6 Å². The molecule has 2 saturated heterocycles. The topological polar surface area (TPSA) is 53.8 Å². The van der Waals surface area contributed by atoms with Crippen molar-refractivity contribution in [3.63, 3.8) is 0 Å². The molecule has 0 spiro atoms. The van der Waals surface area contributed by atoms with Crippen molar-refractivity contribution >= 4 is 10.0 Å². The molecule has 0 amide bonds. The third kappa shape index (κ3) is 3.10. The lowest BCUT2D eigenvalue weighted by Gasteiger charge is -2.43. The summed E-state index contributed by atoms with van der Waals surface area (Å²) < 4.78 is 32.1. The largest absolute Gasteiger partial charge is 0.468 e. The number of fused-ring (bicyclic) bond motifs is 1. The van der Waals surface area contributed by atoms with E-state index in [2.05, 4.69) is 29.2 Å². The van der Waals surface area contributed by atoms with E-state index in [1.165, 1.54) is 5.56 Å². The summed E-state index contributed by atoms with van der Waals surface area (Å²) in [5.74, 6) is 1.44. The fourth-order valence-corrected chi connectivity index (χ4v) is 5.82. The molecule has 2 aliphatic rings. The molecule has 6 heteroatoms. The highest BCUT2D eigenvalue weighted by molar-refractivity contribution is 7.89. The Kier molecular flexibility index (Phi) is 4.67. The number of benzene rings is 1. The Morgan fingerprint density at radius 3 is 2.65 bits per heavy atom. The number of piperidine rings is 1. The first-order valence-corrected chi connectivity index (χ1v) is 10.9. The van der Waals surface area contributed by atoms with Crippen molar-refractivity contribution in [2.24, 2.45) is 5.92 Å². The minimum atomic E-state index is -3.14. The van der Waals surface area contributed by atoms with Crippen LogP contribution in [0.3, 0.4) is 0 Å². The van der Waals surface area contributed by atoms with E-state index in [1.807, 2.05) is 18.2 Å². The van der Waals surface area contributed by atoms with Gasteiger partial charge in [-0.2, -0.15) is 0 Å². The van der Waals surface area contributed by atoms with E-state index in [1.54, 1.807) is 17.5 Å². The Balaban J connectivity index is 1.63. The van der Waals surface area contributed by atoms with Crippen LogP contribution in [-0.4, -0.2) is 49.6 Å². The number of hydrogen-bond donors (Lipinski definition) is 0. The molecule has 4 rings (SSSR count). The molecule has 2 aromatic rings. The fraction of sp³-hybridized carbons (Fsp3) is 0.500. The van der Waals surface area contributed by atoms with Crippen LogP contribution < -0.4 is 0 Å². The second-order valence-corrected chi connectivity index (χ2v) is 9.73. The fourth-order valence-electron chi connectivity index (χ4n) is 4.68. The minimum Gasteiger partial charge on any atom is -0.468 e. The van der Waals surface area contributed by atoms with Crippen LogP contribution in [0, 0.1) is 5.92 Å². The molecule has 0 bridgehead atoms. The summed E-state index contributed by atoms with van der Waals surface area (Å²) in [6, 6.07) is 14.5. The Morgan fingerprint density at radius 2 is 1.96 bits per heavy atom. The van der Waals surface area contributed by atoms with E-state index in [0.717, 1.165) is 31.8 Å². The molecule has 2 fully saturated rings. The maximum Gasteiger partial charge on any atom is 0.213 e. The lowest BCUT2D eigenvalue weighted by atomic mass is 9.68. The highest BCUT2D eigenvalue weighted by atomic mass is 32.2. The van der Waals surface area contributed by atoms with Crippen LogP contribution in [-0.2, 0) is 22.0 Å². The molecule has 1 aromatic carbocycles. The number of rotatable bonds is 5. The molecule has 0 aliphatic carbocycles. The van der Waals surface area contributed by atoms with E-state index in [0.29, 0.717) is 19.0 Å². The van der Waals surface area contributed by atoms with Crippen molar-refractivity contribution in [3.8, 4) is 0 Å². The van der Waals surface area contributed by atoms with Crippen LogP contribution >= 0.6 is 0 Å². The highest BCUT2D eigenvalue weighted by Gasteiger charge is 2.51. The van der Waals surface area contributed by atoms with Crippen molar-refractivity contribution in [3.05, 3.63) is 60.1 Å². The summed E-state index contributed by atoms with van der Waals surface area (Å²) in [6.45, 7) is 5.56. The van der Waals surface area contributed by atoms with Crippen molar-refractivity contribution in [1.29, 1.82) is 0 Å². The number of nitrogens with zero attached hydrogens (tertiary/aromatic N) is 2. The van der Waals surface area contributed by atoms with Gasteiger partial charge < -0.3 is 4.42 Å². The average Bonchev–Trinajstić information content (AvgIpc) is 3.29. The van der Waals surface area contributed by atoms with Gasteiger partial charge in [0.15, 0.2) is 0 Å². The van der Waals surface area contributed by atoms with E-state index in [9.17, 15) is 8.42 Å². The lowest BCUT2D eigenvalue weighted by Crippen LogP contribution is -2.51. The van der Waals surface area contributed by atoms with Crippen molar-refractivity contribution in [2.75, 3.05) is 31.9 Å². The molecule has 0 radical (unpaired) electrons. The molecular weight excluding hydrogens is 348 g/mol.